The van der Waals surface area contributed by atoms with E-state index >= 15 is 0 Å². The second kappa shape index (κ2) is 9.56. The fourth-order valence-electron chi connectivity index (χ4n) is 4.19. The van der Waals surface area contributed by atoms with Gasteiger partial charge < -0.3 is 19.9 Å². The predicted octanol–water partition coefficient (Wildman–Crippen LogP) is 4.48. The third-order valence-electron chi connectivity index (χ3n) is 5.80. The highest BCUT2D eigenvalue weighted by atomic mass is 16.5. The number of hydrogen-bond acceptors (Lipinski definition) is 4. The lowest BCUT2D eigenvalue weighted by molar-refractivity contribution is -0.141. The molecule has 0 radical (unpaired) electrons. The van der Waals surface area contributed by atoms with E-state index in [1.165, 1.54) is 0 Å². The standard InChI is InChI=1S/C26H25NO5/c1-31-19-8-6-7-17(14-19)13-18(25(28)29)15-27-26(30)32-16-24-22-11-4-2-9-20(22)21-10-3-5-12-23(21)24/h2-12,14,18,24H,13,15-16H2,1H3,(H,27,30)(H,28,29). The van der Waals surface area contributed by atoms with Crippen LogP contribution in [-0.4, -0.2) is 37.4 Å². The van der Waals surface area contributed by atoms with Crippen molar-refractivity contribution in [1.82, 2.24) is 5.32 Å². The molecule has 1 amide bonds. The van der Waals surface area contributed by atoms with Gasteiger partial charge >= 0.3 is 12.1 Å². The zero-order valence-corrected chi connectivity index (χ0v) is 17.8. The van der Waals surface area contributed by atoms with E-state index in [9.17, 15) is 14.7 Å². The van der Waals surface area contributed by atoms with Gasteiger partial charge in [-0.15, -0.1) is 0 Å². The molecule has 0 aliphatic heterocycles. The lowest BCUT2D eigenvalue weighted by Gasteiger charge is -2.16. The van der Waals surface area contributed by atoms with Gasteiger partial charge in [0.1, 0.15) is 12.4 Å². The summed E-state index contributed by atoms with van der Waals surface area (Å²) in [4.78, 5) is 24.0. The summed E-state index contributed by atoms with van der Waals surface area (Å²) in [6.07, 6.45) is -0.348. The molecule has 0 aromatic heterocycles. The molecule has 1 aliphatic carbocycles. The van der Waals surface area contributed by atoms with Gasteiger partial charge in [-0.25, -0.2) is 4.79 Å². The molecular weight excluding hydrogens is 406 g/mol. The van der Waals surface area contributed by atoms with Gasteiger partial charge in [0.25, 0.3) is 0 Å². The average Bonchev–Trinajstić information content (AvgIpc) is 3.14. The predicted molar refractivity (Wildman–Crippen MR) is 121 cm³/mol. The normalized spacial score (nSPS) is 13.0. The highest BCUT2D eigenvalue weighted by Gasteiger charge is 2.29. The fourth-order valence-corrected chi connectivity index (χ4v) is 4.19. The number of carbonyl (C=O) groups is 2. The van der Waals surface area contributed by atoms with E-state index in [1.807, 2.05) is 36.4 Å². The first kappa shape index (κ1) is 21.4. The van der Waals surface area contributed by atoms with Crippen LogP contribution in [0.3, 0.4) is 0 Å². The lowest BCUT2D eigenvalue weighted by atomic mass is 9.98. The van der Waals surface area contributed by atoms with Crippen LogP contribution in [0.2, 0.25) is 0 Å². The molecule has 4 rings (SSSR count). The van der Waals surface area contributed by atoms with Gasteiger partial charge in [0.2, 0.25) is 0 Å². The molecule has 6 heteroatoms. The zero-order valence-electron chi connectivity index (χ0n) is 17.8. The fraction of sp³-hybridized carbons (Fsp3) is 0.231. The Labute approximate surface area is 186 Å². The van der Waals surface area contributed by atoms with Crippen molar-refractivity contribution in [3.63, 3.8) is 0 Å². The molecule has 6 nitrogen and oxygen atoms in total. The topological polar surface area (TPSA) is 84.9 Å². The van der Waals surface area contributed by atoms with Crippen LogP contribution in [0.25, 0.3) is 11.1 Å². The molecule has 1 aliphatic rings. The van der Waals surface area contributed by atoms with Gasteiger partial charge in [-0.2, -0.15) is 0 Å². The van der Waals surface area contributed by atoms with Crippen LogP contribution in [0, 0.1) is 5.92 Å². The van der Waals surface area contributed by atoms with Gasteiger partial charge in [0.15, 0.2) is 0 Å². The quantitative estimate of drug-likeness (QED) is 0.549. The van der Waals surface area contributed by atoms with Crippen molar-refractivity contribution in [2.75, 3.05) is 20.3 Å². The summed E-state index contributed by atoms with van der Waals surface area (Å²) in [7, 11) is 1.56. The third kappa shape index (κ3) is 4.59. The minimum absolute atomic E-state index is 0.0246. The molecule has 0 saturated carbocycles. The van der Waals surface area contributed by atoms with Gasteiger partial charge in [0, 0.05) is 12.5 Å². The summed E-state index contributed by atoms with van der Waals surface area (Å²) in [5.41, 5.74) is 5.39. The maximum Gasteiger partial charge on any atom is 0.407 e. The summed E-state index contributed by atoms with van der Waals surface area (Å²) in [5, 5.41) is 12.2. The maximum absolute atomic E-state index is 12.4. The Morgan fingerprint density at radius 2 is 1.62 bits per heavy atom. The van der Waals surface area contributed by atoms with Gasteiger partial charge in [-0.1, -0.05) is 60.7 Å². The summed E-state index contributed by atoms with van der Waals surface area (Å²) in [6, 6.07) is 23.5. The number of aliphatic carboxylic acids is 1. The first-order valence-electron chi connectivity index (χ1n) is 10.5. The smallest absolute Gasteiger partial charge is 0.407 e. The van der Waals surface area contributed by atoms with Crippen LogP contribution in [0.15, 0.2) is 72.8 Å². The summed E-state index contributed by atoms with van der Waals surface area (Å²) < 4.78 is 10.7. The molecule has 1 atom stereocenters. The molecule has 2 N–H and O–H groups in total. The van der Waals surface area contributed by atoms with Crippen molar-refractivity contribution >= 4 is 12.1 Å². The monoisotopic (exact) mass is 431 g/mol. The van der Waals surface area contributed by atoms with Crippen molar-refractivity contribution < 1.29 is 24.2 Å². The molecular formula is C26H25NO5. The van der Waals surface area contributed by atoms with E-state index in [2.05, 4.69) is 29.6 Å². The Bertz CT molecular complexity index is 1080. The number of nitrogens with one attached hydrogen (secondary N) is 1. The summed E-state index contributed by atoms with van der Waals surface area (Å²) >= 11 is 0. The molecule has 0 heterocycles. The number of carboxylic acids is 1. The molecule has 32 heavy (non-hydrogen) atoms. The van der Waals surface area contributed by atoms with E-state index in [-0.39, 0.29) is 25.5 Å². The zero-order chi connectivity index (χ0) is 22.5. The summed E-state index contributed by atoms with van der Waals surface area (Å²) in [6.45, 7) is 0.163. The number of ether oxygens (including phenoxy) is 2. The van der Waals surface area contributed by atoms with Crippen LogP contribution in [0.4, 0.5) is 4.79 Å². The second-order valence-corrected chi connectivity index (χ2v) is 7.80. The average molecular weight is 431 g/mol. The highest BCUT2D eigenvalue weighted by Crippen LogP contribution is 2.44. The first-order valence-corrected chi connectivity index (χ1v) is 10.5. The van der Waals surface area contributed by atoms with Crippen molar-refractivity contribution in [1.29, 1.82) is 0 Å². The molecule has 0 fully saturated rings. The van der Waals surface area contributed by atoms with Gasteiger partial charge in [-0.3, -0.25) is 4.79 Å². The third-order valence-corrected chi connectivity index (χ3v) is 5.80. The van der Waals surface area contributed by atoms with Gasteiger partial charge in [-0.05, 0) is 46.4 Å². The number of carboxylic acid groups (broad SMARTS) is 1. The number of rotatable bonds is 8. The summed E-state index contributed by atoms with van der Waals surface area (Å²) in [5.74, 6) is -1.13. The lowest BCUT2D eigenvalue weighted by Crippen LogP contribution is -2.35. The van der Waals surface area contributed by atoms with Crippen LogP contribution < -0.4 is 10.1 Å². The number of amides is 1. The Morgan fingerprint density at radius 1 is 0.969 bits per heavy atom. The Balaban J connectivity index is 1.36. The van der Waals surface area contributed by atoms with Crippen molar-refractivity contribution in [3.8, 4) is 16.9 Å². The maximum atomic E-state index is 12.4. The first-order chi connectivity index (χ1) is 15.6. The minimum atomic E-state index is -0.980. The Kier molecular flexibility index (Phi) is 6.40. The van der Waals surface area contributed by atoms with Crippen molar-refractivity contribution in [2.45, 2.75) is 12.3 Å². The van der Waals surface area contributed by atoms with Crippen LogP contribution in [-0.2, 0) is 16.0 Å². The highest BCUT2D eigenvalue weighted by molar-refractivity contribution is 5.79. The van der Waals surface area contributed by atoms with Crippen LogP contribution in [0.1, 0.15) is 22.6 Å². The SMILES string of the molecule is COc1cccc(CC(CNC(=O)OCC2c3ccccc3-c3ccccc32)C(=O)O)c1. The number of benzene rings is 3. The molecule has 0 spiro atoms. The number of carbonyl (C=O) groups excluding carboxylic acids is 1. The molecule has 3 aromatic rings. The number of fused-ring (bicyclic) bond motifs is 3. The van der Waals surface area contributed by atoms with Crippen LogP contribution >= 0.6 is 0 Å². The number of hydrogen-bond donors (Lipinski definition) is 2. The number of alkyl carbamates (subject to hydrolysis) is 1. The Morgan fingerprint density at radius 3 is 2.25 bits per heavy atom. The molecule has 0 saturated heterocycles. The molecule has 3 aromatic carbocycles. The minimum Gasteiger partial charge on any atom is -0.497 e. The van der Waals surface area contributed by atoms with Gasteiger partial charge in [0.05, 0.1) is 13.0 Å². The van der Waals surface area contributed by atoms with Crippen LogP contribution in [0.5, 0.6) is 5.75 Å². The van der Waals surface area contributed by atoms with E-state index in [4.69, 9.17) is 9.47 Å². The largest absolute Gasteiger partial charge is 0.497 e. The molecule has 0 bridgehead atoms. The van der Waals surface area contributed by atoms with E-state index in [0.29, 0.717) is 5.75 Å². The molecule has 1 unspecified atom stereocenters. The van der Waals surface area contributed by atoms with E-state index in [1.54, 1.807) is 19.2 Å². The van der Waals surface area contributed by atoms with Crippen molar-refractivity contribution in [2.24, 2.45) is 5.92 Å². The van der Waals surface area contributed by atoms with E-state index in [0.717, 1.165) is 27.8 Å². The molecule has 164 valence electrons. The second-order valence-electron chi connectivity index (χ2n) is 7.80. The Hall–Kier alpha value is -3.80. The number of methoxy groups -OCH3 is 1. The van der Waals surface area contributed by atoms with E-state index < -0.39 is 18.0 Å². The van der Waals surface area contributed by atoms with Crippen molar-refractivity contribution in [3.05, 3.63) is 89.5 Å².